The number of ether oxygens (including phenoxy) is 1. The lowest BCUT2D eigenvalue weighted by Gasteiger charge is -2.34. The molecule has 1 aromatic carbocycles. The summed E-state index contributed by atoms with van der Waals surface area (Å²) in [6.07, 6.45) is 3.60. The van der Waals surface area contributed by atoms with E-state index >= 15 is 0 Å². The first-order valence-corrected chi connectivity index (χ1v) is 9.48. The highest BCUT2D eigenvalue weighted by Crippen LogP contribution is 2.42. The molecule has 0 bridgehead atoms. The zero-order valence-electron chi connectivity index (χ0n) is 15.1. The van der Waals surface area contributed by atoms with Crippen LogP contribution in [0.3, 0.4) is 0 Å². The Hall–Kier alpha value is -2.35. The minimum atomic E-state index is -0.250. The first-order chi connectivity index (χ1) is 13.5. The van der Waals surface area contributed by atoms with Gasteiger partial charge in [0.25, 0.3) is 0 Å². The molecule has 146 valence electrons. The smallest absolute Gasteiger partial charge is 0.246 e. The topological polar surface area (TPSA) is 78.8 Å². The first-order valence-electron chi connectivity index (χ1n) is 8.72. The number of aromatic nitrogens is 2. The van der Waals surface area contributed by atoms with E-state index in [4.69, 9.17) is 27.9 Å². The molecule has 4 rings (SSSR count). The van der Waals surface area contributed by atoms with E-state index in [0.717, 1.165) is 11.3 Å². The van der Waals surface area contributed by atoms with Crippen molar-refractivity contribution in [3.8, 4) is 5.75 Å². The normalized spacial score (nSPS) is 18.9. The SMILES string of the molecule is COc1ccc(Cl)c(Cl)c1[C@H]1C=C2CN(c3ccnc(CO)n3)CC(=O)N2C1. The van der Waals surface area contributed by atoms with Crippen LogP contribution in [-0.4, -0.2) is 52.6 Å². The summed E-state index contributed by atoms with van der Waals surface area (Å²) in [6, 6.07) is 5.21. The van der Waals surface area contributed by atoms with Crippen molar-refractivity contribution in [1.29, 1.82) is 0 Å². The summed E-state index contributed by atoms with van der Waals surface area (Å²) < 4.78 is 5.46. The van der Waals surface area contributed by atoms with Gasteiger partial charge in [0.15, 0.2) is 5.82 Å². The number of piperazine rings is 1. The number of carbonyl (C=O) groups is 1. The second-order valence-corrected chi connectivity index (χ2v) is 7.38. The summed E-state index contributed by atoms with van der Waals surface area (Å²) in [5, 5.41) is 10.1. The van der Waals surface area contributed by atoms with E-state index in [0.29, 0.717) is 40.5 Å². The van der Waals surface area contributed by atoms with Gasteiger partial charge in [-0.2, -0.15) is 0 Å². The Morgan fingerprint density at radius 3 is 2.86 bits per heavy atom. The highest BCUT2D eigenvalue weighted by Gasteiger charge is 2.37. The number of amides is 1. The van der Waals surface area contributed by atoms with E-state index in [1.54, 1.807) is 36.4 Å². The molecule has 0 spiro atoms. The molecular weight excluding hydrogens is 403 g/mol. The molecule has 1 atom stereocenters. The van der Waals surface area contributed by atoms with Crippen molar-refractivity contribution in [2.75, 3.05) is 31.6 Å². The Bertz CT molecular complexity index is 966. The molecule has 1 N–H and O–H groups in total. The van der Waals surface area contributed by atoms with E-state index in [-0.39, 0.29) is 25.0 Å². The fourth-order valence-electron chi connectivity index (χ4n) is 3.64. The van der Waals surface area contributed by atoms with E-state index in [1.165, 1.54) is 0 Å². The summed E-state index contributed by atoms with van der Waals surface area (Å²) in [7, 11) is 1.58. The van der Waals surface area contributed by atoms with Gasteiger partial charge in [0.05, 0.1) is 30.2 Å². The van der Waals surface area contributed by atoms with Crippen molar-refractivity contribution in [2.24, 2.45) is 0 Å². The molecule has 1 amide bonds. The second kappa shape index (κ2) is 7.58. The van der Waals surface area contributed by atoms with E-state index in [2.05, 4.69) is 9.97 Å². The molecule has 1 fully saturated rings. The third kappa shape index (κ3) is 3.30. The van der Waals surface area contributed by atoms with Crippen LogP contribution in [0.5, 0.6) is 5.75 Å². The summed E-state index contributed by atoms with van der Waals surface area (Å²) in [4.78, 5) is 24.7. The van der Waals surface area contributed by atoms with Gasteiger partial charge in [-0.15, -0.1) is 0 Å². The average Bonchev–Trinajstić information content (AvgIpc) is 3.14. The van der Waals surface area contributed by atoms with Gasteiger partial charge in [-0.3, -0.25) is 4.79 Å². The molecule has 28 heavy (non-hydrogen) atoms. The maximum Gasteiger partial charge on any atom is 0.246 e. The maximum absolute atomic E-state index is 12.8. The van der Waals surface area contributed by atoms with Crippen molar-refractivity contribution >= 4 is 34.9 Å². The van der Waals surface area contributed by atoms with Crippen molar-refractivity contribution in [3.05, 3.63) is 57.6 Å². The lowest BCUT2D eigenvalue weighted by atomic mass is 9.99. The number of carbonyl (C=O) groups excluding carboxylic acids is 1. The standard InChI is InChI=1S/C19H18Cl2N4O3/c1-28-14-3-2-13(20)19(21)18(14)11-6-12-8-24(9-17(27)25(12)7-11)16-4-5-22-15(10-26)23-16/h2-6,11,26H,7-10H2,1H3/t11-/m0/s1. The second-order valence-electron chi connectivity index (χ2n) is 6.59. The minimum absolute atomic E-state index is 0.0266. The predicted octanol–water partition coefficient (Wildman–Crippen LogP) is 2.61. The number of methoxy groups -OCH3 is 1. The molecule has 9 heteroatoms. The average molecular weight is 421 g/mol. The Kier molecular flexibility index (Phi) is 5.14. The van der Waals surface area contributed by atoms with Crippen molar-refractivity contribution in [3.63, 3.8) is 0 Å². The summed E-state index contributed by atoms with van der Waals surface area (Å²) in [5.74, 6) is 1.43. The fraction of sp³-hybridized carbons (Fsp3) is 0.316. The van der Waals surface area contributed by atoms with Crippen molar-refractivity contribution in [2.45, 2.75) is 12.5 Å². The number of benzene rings is 1. The number of halogens is 2. The van der Waals surface area contributed by atoms with Crippen LogP contribution in [0.25, 0.3) is 0 Å². The third-order valence-electron chi connectivity index (χ3n) is 4.94. The number of aliphatic hydroxyl groups excluding tert-OH is 1. The Morgan fingerprint density at radius 2 is 2.11 bits per heavy atom. The zero-order chi connectivity index (χ0) is 19.8. The Balaban J connectivity index is 1.66. The Morgan fingerprint density at radius 1 is 1.29 bits per heavy atom. The number of aliphatic hydroxyl groups is 1. The van der Waals surface area contributed by atoms with Crippen LogP contribution in [0.4, 0.5) is 5.82 Å². The number of fused-ring (bicyclic) bond motifs is 1. The molecule has 1 aromatic heterocycles. The fourth-order valence-corrected chi connectivity index (χ4v) is 4.10. The van der Waals surface area contributed by atoms with Gasteiger partial charge in [0.2, 0.25) is 5.91 Å². The molecular formula is C19H18Cl2N4O3. The number of hydrogen-bond acceptors (Lipinski definition) is 6. The molecule has 0 saturated carbocycles. The van der Waals surface area contributed by atoms with Crippen LogP contribution >= 0.6 is 23.2 Å². The first kappa shape index (κ1) is 19.0. The van der Waals surface area contributed by atoms with E-state index in [9.17, 15) is 9.90 Å². The zero-order valence-corrected chi connectivity index (χ0v) is 16.6. The van der Waals surface area contributed by atoms with E-state index in [1.807, 2.05) is 11.0 Å². The quantitative estimate of drug-likeness (QED) is 0.818. The molecule has 3 heterocycles. The van der Waals surface area contributed by atoms with Crippen molar-refractivity contribution in [1.82, 2.24) is 14.9 Å². The van der Waals surface area contributed by atoms with Crippen LogP contribution in [0, 0.1) is 0 Å². The lowest BCUT2D eigenvalue weighted by molar-refractivity contribution is -0.128. The number of anilines is 1. The van der Waals surface area contributed by atoms with Crippen LogP contribution < -0.4 is 9.64 Å². The predicted molar refractivity (Wildman–Crippen MR) is 106 cm³/mol. The molecule has 0 radical (unpaired) electrons. The molecule has 2 aliphatic heterocycles. The van der Waals surface area contributed by atoms with Gasteiger partial charge in [-0.25, -0.2) is 9.97 Å². The summed E-state index contributed by atoms with van der Waals surface area (Å²) in [5.41, 5.74) is 1.66. The maximum atomic E-state index is 12.8. The lowest BCUT2D eigenvalue weighted by Crippen LogP contribution is -2.48. The summed E-state index contributed by atoms with van der Waals surface area (Å²) >= 11 is 12.7. The van der Waals surface area contributed by atoms with Gasteiger partial charge in [0, 0.05) is 29.9 Å². The molecule has 0 aliphatic carbocycles. The van der Waals surface area contributed by atoms with Crippen LogP contribution in [-0.2, 0) is 11.4 Å². The molecule has 7 nitrogen and oxygen atoms in total. The largest absolute Gasteiger partial charge is 0.496 e. The molecule has 1 saturated heterocycles. The monoisotopic (exact) mass is 420 g/mol. The van der Waals surface area contributed by atoms with Gasteiger partial charge < -0.3 is 19.6 Å². The van der Waals surface area contributed by atoms with Gasteiger partial charge in [-0.05, 0) is 18.2 Å². The number of nitrogens with zero attached hydrogens (tertiary/aromatic N) is 4. The van der Waals surface area contributed by atoms with Gasteiger partial charge >= 0.3 is 0 Å². The highest BCUT2D eigenvalue weighted by atomic mass is 35.5. The van der Waals surface area contributed by atoms with Crippen LogP contribution in [0.2, 0.25) is 10.0 Å². The molecule has 2 aromatic rings. The number of rotatable bonds is 4. The van der Waals surface area contributed by atoms with Gasteiger partial charge in [-0.1, -0.05) is 29.3 Å². The van der Waals surface area contributed by atoms with Crippen molar-refractivity contribution < 1.29 is 14.6 Å². The highest BCUT2D eigenvalue weighted by molar-refractivity contribution is 6.42. The van der Waals surface area contributed by atoms with Gasteiger partial charge in [0.1, 0.15) is 18.2 Å². The third-order valence-corrected chi connectivity index (χ3v) is 5.76. The van der Waals surface area contributed by atoms with E-state index < -0.39 is 0 Å². The molecule has 0 unspecified atom stereocenters. The molecule has 2 aliphatic rings. The van der Waals surface area contributed by atoms with Crippen LogP contribution in [0.1, 0.15) is 17.3 Å². The Labute approximate surface area is 172 Å². The number of hydrogen-bond donors (Lipinski definition) is 1. The summed E-state index contributed by atoms with van der Waals surface area (Å²) in [6.45, 7) is 0.959. The minimum Gasteiger partial charge on any atom is -0.496 e. The van der Waals surface area contributed by atoms with Crippen LogP contribution in [0.15, 0.2) is 36.2 Å².